The van der Waals surface area contributed by atoms with E-state index >= 15 is 0 Å². The Labute approximate surface area is 235 Å². The normalized spacial score (nSPS) is 12.7. The fraction of sp³-hybridized carbons (Fsp3) is 0.156. The van der Waals surface area contributed by atoms with Crippen molar-refractivity contribution in [2.75, 3.05) is 5.32 Å². The molecule has 0 saturated heterocycles. The molecule has 9 nitrogen and oxygen atoms in total. The van der Waals surface area contributed by atoms with Gasteiger partial charge in [-0.3, -0.25) is 14.6 Å². The molecule has 9 heteroatoms. The Morgan fingerprint density at radius 3 is 2.46 bits per heavy atom. The van der Waals surface area contributed by atoms with Crippen LogP contribution in [-0.4, -0.2) is 37.8 Å². The average molecular weight is 546 g/mol. The maximum Gasteiger partial charge on any atom is 0.335 e. The molecule has 0 radical (unpaired) electrons. The highest BCUT2D eigenvalue weighted by Gasteiger charge is 2.24. The number of carbonyl (C=O) groups excluding carboxylic acids is 1. The van der Waals surface area contributed by atoms with Gasteiger partial charge in [0.05, 0.1) is 16.8 Å². The molecule has 2 aromatic heterocycles. The van der Waals surface area contributed by atoms with E-state index in [1.165, 1.54) is 10.7 Å². The number of rotatable bonds is 8. The number of aryl methyl sites for hydroxylation is 1. The topological polar surface area (TPSA) is 126 Å². The van der Waals surface area contributed by atoms with Gasteiger partial charge in [0.25, 0.3) is 11.5 Å². The van der Waals surface area contributed by atoms with E-state index in [1.54, 1.807) is 24.4 Å². The molecule has 1 fully saturated rings. The van der Waals surface area contributed by atoms with Crippen LogP contribution in [0.2, 0.25) is 0 Å². The molecule has 2 heterocycles. The number of pyridine rings is 1. The zero-order valence-electron chi connectivity index (χ0n) is 22.3. The molecule has 0 unspecified atom stereocenters. The van der Waals surface area contributed by atoms with Crippen molar-refractivity contribution >= 4 is 34.2 Å². The minimum absolute atomic E-state index is 0.0302. The molecule has 1 aliphatic carbocycles. The quantitative estimate of drug-likeness (QED) is 0.236. The molecular weight excluding hydrogens is 518 g/mol. The van der Waals surface area contributed by atoms with E-state index in [0.717, 1.165) is 40.6 Å². The number of benzene rings is 3. The van der Waals surface area contributed by atoms with Crippen molar-refractivity contribution < 1.29 is 14.7 Å². The maximum absolute atomic E-state index is 13.2. The van der Waals surface area contributed by atoms with Crippen LogP contribution >= 0.6 is 0 Å². The van der Waals surface area contributed by atoms with Gasteiger partial charge in [-0.25, -0.2) is 9.48 Å². The molecule has 0 atom stereocenters. The molecule has 3 aromatic carbocycles. The predicted octanol–water partition coefficient (Wildman–Crippen LogP) is 5.48. The summed E-state index contributed by atoms with van der Waals surface area (Å²) in [7, 11) is 0. The van der Waals surface area contributed by atoms with Crippen LogP contribution in [-0.2, 0) is 6.54 Å². The Hall–Kier alpha value is -5.31. The molecule has 0 bridgehead atoms. The Morgan fingerprint density at radius 2 is 1.68 bits per heavy atom. The van der Waals surface area contributed by atoms with Crippen molar-refractivity contribution in [3.63, 3.8) is 0 Å². The summed E-state index contributed by atoms with van der Waals surface area (Å²) in [5, 5.41) is 21.4. The van der Waals surface area contributed by atoms with E-state index in [-0.39, 0.29) is 23.1 Å². The second-order valence-corrected chi connectivity index (χ2v) is 10.00. The molecule has 6 rings (SSSR count). The number of fused-ring (bicyclic) bond motifs is 1. The van der Waals surface area contributed by atoms with Crippen LogP contribution in [0.4, 0.5) is 11.4 Å². The summed E-state index contributed by atoms with van der Waals surface area (Å²) < 4.78 is 1.40. The van der Waals surface area contributed by atoms with Gasteiger partial charge in [-0.2, -0.15) is 5.10 Å². The number of hydrogen-bond donors (Lipinski definition) is 3. The SMILES string of the molecule is CCn1nc(-c2cccc(-c3cc(C(=O)O)cc(C(=O)NC4CC4)c3)c2)cc(Nc2cccc3ncccc23)c1=O. The first-order chi connectivity index (χ1) is 19.9. The predicted molar refractivity (Wildman–Crippen MR) is 158 cm³/mol. The number of carboxylic acids is 1. The minimum atomic E-state index is -1.11. The zero-order valence-corrected chi connectivity index (χ0v) is 22.3. The number of amides is 1. The highest BCUT2D eigenvalue weighted by molar-refractivity contribution is 6.00. The zero-order chi connectivity index (χ0) is 28.5. The summed E-state index contributed by atoms with van der Waals surface area (Å²) in [6, 6.07) is 23.4. The minimum Gasteiger partial charge on any atom is -0.478 e. The lowest BCUT2D eigenvalue weighted by Gasteiger charge is -2.13. The molecular formula is C32H27N5O4. The van der Waals surface area contributed by atoms with Crippen LogP contribution in [0.1, 0.15) is 40.5 Å². The van der Waals surface area contributed by atoms with Crippen LogP contribution in [0.3, 0.4) is 0 Å². The number of aromatic nitrogens is 3. The maximum atomic E-state index is 13.2. The second-order valence-electron chi connectivity index (χ2n) is 10.00. The second kappa shape index (κ2) is 10.7. The number of hydrogen-bond acceptors (Lipinski definition) is 6. The van der Waals surface area contributed by atoms with Crippen molar-refractivity contribution in [3.8, 4) is 22.4 Å². The van der Waals surface area contributed by atoms with E-state index in [0.29, 0.717) is 29.1 Å². The lowest BCUT2D eigenvalue weighted by Crippen LogP contribution is -2.25. The summed E-state index contributed by atoms with van der Waals surface area (Å²) in [5.74, 6) is -1.40. The third-order valence-corrected chi connectivity index (χ3v) is 7.04. The summed E-state index contributed by atoms with van der Waals surface area (Å²) in [4.78, 5) is 42.2. The van der Waals surface area contributed by atoms with Gasteiger partial charge in [0.2, 0.25) is 0 Å². The van der Waals surface area contributed by atoms with Crippen molar-refractivity contribution in [1.82, 2.24) is 20.1 Å². The van der Waals surface area contributed by atoms with E-state index < -0.39 is 5.97 Å². The lowest BCUT2D eigenvalue weighted by molar-refractivity contribution is 0.0697. The highest BCUT2D eigenvalue weighted by Crippen LogP contribution is 2.30. The molecule has 5 aromatic rings. The van der Waals surface area contributed by atoms with Gasteiger partial charge >= 0.3 is 5.97 Å². The first-order valence-electron chi connectivity index (χ1n) is 13.4. The third-order valence-electron chi connectivity index (χ3n) is 7.04. The first-order valence-corrected chi connectivity index (χ1v) is 13.4. The Bertz CT molecular complexity index is 1870. The van der Waals surface area contributed by atoms with Crippen molar-refractivity contribution in [2.24, 2.45) is 0 Å². The molecule has 204 valence electrons. The number of aromatic carboxylic acids is 1. The summed E-state index contributed by atoms with van der Waals surface area (Å²) in [5.41, 5.74) is 4.61. The molecule has 3 N–H and O–H groups in total. The van der Waals surface area contributed by atoms with Crippen LogP contribution in [0.25, 0.3) is 33.3 Å². The standard InChI is InChI=1S/C32H27N5O4/c1-2-37-31(39)29(35-27-10-4-9-26-25(27)8-5-13-33-26)18-28(36-37)20-7-3-6-19(14-20)21-15-22(17-23(16-21)32(40)41)30(38)34-24-11-12-24/h3-10,13-18,24,35H,2,11-12H2,1H3,(H,34,38)(H,40,41). The average Bonchev–Trinajstić information content (AvgIpc) is 3.82. The van der Waals surface area contributed by atoms with E-state index in [2.05, 4.69) is 20.7 Å². The monoisotopic (exact) mass is 545 g/mol. The first kappa shape index (κ1) is 25.9. The van der Waals surface area contributed by atoms with Crippen LogP contribution in [0.5, 0.6) is 0 Å². The van der Waals surface area contributed by atoms with Gasteiger partial charge in [-0.05, 0) is 85.5 Å². The molecule has 1 amide bonds. The highest BCUT2D eigenvalue weighted by atomic mass is 16.4. The van der Waals surface area contributed by atoms with Crippen molar-refractivity contribution in [3.05, 3.63) is 107 Å². The Balaban J connectivity index is 1.40. The van der Waals surface area contributed by atoms with E-state index in [1.807, 2.05) is 61.5 Å². The van der Waals surface area contributed by atoms with Crippen LogP contribution in [0.15, 0.2) is 89.9 Å². The smallest absolute Gasteiger partial charge is 0.335 e. The van der Waals surface area contributed by atoms with E-state index in [4.69, 9.17) is 0 Å². The summed E-state index contributed by atoms with van der Waals surface area (Å²) in [6.07, 6.45) is 3.59. The Morgan fingerprint density at radius 1 is 0.902 bits per heavy atom. The number of carbonyl (C=O) groups is 2. The van der Waals surface area contributed by atoms with Gasteiger partial charge in [-0.1, -0.05) is 24.3 Å². The molecule has 1 saturated carbocycles. The molecule has 0 spiro atoms. The third kappa shape index (κ3) is 5.42. The summed E-state index contributed by atoms with van der Waals surface area (Å²) >= 11 is 0. The molecule has 1 aliphatic rings. The van der Waals surface area contributed by atoms with Gasteiger partial charge in [0.1, 0.15) is 5.69 Å². The lowest BCUT2D eigenvalue weighted by atomic mass is 9.97. The number of nitrogens with zero attached hydrogens (tertiary/aromatic N) is 3. The van der Waals surface area contributed by atoms with Gasteiger partial charge in [0, 0.05) is 41.0 Å². The number of nitrogens with one attached hydrogen (secondary N) is 2. The fourth-order valence-corrected chi connectivity index (χ4v) is 4.75. The van der Waals surface area contributed by atoms with Gasteiger partial charge < -0.3 is 15.7 Å². The van der Waals surface area contributed by atoms with Crippen molar-refractivity contribution in [2.45, 2.75) is 32.4 Å². The number of carboxylic acid groups (broad SMARTS) is 1. The Kier molecular flexibility index (Phi) is 6.76. The molecule has 0 aliphatic heterocycles. The van der Waals surface area contributed by atoms with Crippen LogP contribution in [0, 0.1) is 0 Å². The largest absolute Gasteiger partial charge is 0.478 e. The fourth-order valence-electron chi connectivity index (χ4n) is 4.75. The van der Waals surface area contributed by atoms with Gasteiger partial charge in [-0.15, -0.1) is 0 Å². The number of anilines is 2. The van der Waals surface area contributed by atoms with Gasteiger partial charge in [0.15, 0.2) is 0 Å². The van der Waals surface area contributed by atoms with Crippen molar-refractivity contribution in [1.29, 1.82) is 0 Å². The van der Waals surface area contributed by atoms with Crippen LogP contribution < -0.4 is 16.2 Å². The van der Waals surface area contributed by atoms with E-state index in [9.17, 15) is 19.5 Å². The molecule has 41 heavy (non-hydrogen) atoms. The summed E-state index contributed by atoms with van der Waals surface area (Å²) in [6.45, 7) is 2.23.